The van der Waals surface area contributed by atoms with Crippen molar-refractivity contribution in [2.75, 3.05) is 11.9 Å². The molecule has 0 aliphatic heterocycles. The predicted molar refractivity (Wildman–Crippen MR) is 151 cm³/mol. The number of hydrogen-bond acceptors (Lipinski definition) is 8. The molecule has 11 nitrogen and oxygen atoms in total. The van der Waals surface area contributed by atoms with Gasteiger partial charge in [0.1, 0.15) is 0 Å². The fraction of sp³-hybridized carbons (Fsp3) is 0.138. The Morgan fingerprint density at radius 2 is 1.59 bits per heavy atom. The summed E-state index contributed by atoms with van der Waals surface area (Å²) in [7, 11) is 0. The fourth-order valence-corrected chi connectivity index (χ4v) is 6.18. The molecule has 1 heterocycles. The number of anilines is 1. The normalized spacial score (nSPS) is 12.2. The topological polar surface area (TPSA) is 145 Å². The van der Waals surface area contributed by atoms with Crippen molar-refractivity contribution < 1.29 is 31.0 Å². The van der Waals surface area contributed by atoms with Crippen molar-refractivity contribution in [2.24, 2.45) is 0 Å². The van der Waals surface area contributed by atoms with Gasteiger partial charge in [0.2, 0.25) is 0 Å². The van der Waals surface area contributed by atoms with Gasteiger partial charge in [-0.25, -0.2) is 0 Å². The summed E-state index contributed by atoms with van der Waals surface area (Å²) in [5, 5.41) is 11.9. The number of nitrogens with zero attached hydrogens (tertiary/aromatic N) is 1. The minimum atomic E-state index is -5.16. The molecular formula is C29H28AsN3O8. The summed E-state index contributed by atoms with van der Waals surface area (Å²) < 4.78 is 28.8. The van der Waals surface area contributed by atoms with E-state index in [4.69, 9.17) is 8.56 Å². The Morgan fingerprint density at radius 3 is 2.24 bits per heavy atom. The average Bonchev–Trinajstić information content (AvgIpc) is 2.98. The van der Waals surface area contributed by atoms with Crippen LogP contribution in [0.3, 0.4) is 0 Å². The maximum atomic E-state index is 13.7. The zero-order valence-corrected chi connectivity index (χ0v) is 23.9. The molecule has 4 rings (SSSR count). The third kappa shape index (κ3) is 7.83. The van der Waals surface area contributed by atoms with E-state index >= 15 is 0 Å². The van der Waals surface area contributed by atoms with Crippen molar-refractivity contribution in [3.8, 4) is 5.69 Å². The van der Waals surface area contributed by atoms with E-state index < -0.39 is 31.7 Å². The Hall–Kier alpha value is -4.41. The number of carbonyl (C=O) groups excluding carboxylic acids is 2. The Kier molecular flexibility index (Phi) is 9.94. The van der Waals surface area contributed by atoms with Crippen LogP contribution in [0.1, 0.15) is 23.7 Å². The number of pyridine rings is 1. The van der Waals surface area contributed by atoms with Gasteiger partial charge in [0.05, 0.1) is 0 Å². The Bertz CT molecular complexity index is 1610. The number of hydrogen-bond donors (Lipinski definition) is 3. The Morgan fingerprint density at radius 1 is 0.902 bits per heavy atom. The second-order valence-electron chi connectivity index (χ2n) is 8.89. The zero-order chi connectivity index (χ0) is 29.2. The number of benzene rings is 3. The molecule has 3 aromatic carbocycles. The molecule has 0 aliphatic rings. The number of amides is 2. The minimum absolute atomic E-state index is 0.0432. The van der Waals surface area contributed by atoms with E-state index in [0.29, 0.717) is 18.5 Å². The first-order valence-corrected chi connectivity index (χ1v) is 15.8. The molecule has 0 spiro atoms. The van der Waals surface area contributed by atoms with Crippen molar-refractivity contribution in [3.63, 3.8) is 0 Å². The van der Waals surface area contributed by atoms with E-state index in [1.165, 1.54) is 28.8 Å². The maximum absolute atomic E-state index is 13.7. The molecule has 212 valence electrons. The van der Waals surface area contributed by atoms with Crippen LogP contribution >= 0.6 is 0 Å². The van der Waals surface area contributed by atoms with Gasteiger partial charge in [0, 0.05) is 0 Å². The van der Waals surface area contributed by atoms with Crippen molar-refractivity contribution in [1.82, 2.24) is 10.0 Å². The van der Waals surface area contributed by atoms with Crippen LogP contribution in [0.5, 0.6) is 0 Å². The third-order valence-electron chi connectivity index (χ3n) is 5.92. The van der Waals surface area contributed by atoms with E-state index in [1.54, 1.807) is 12.1 Å². The second kappa shape index (κ2) is 13.8. The second-order valence-corrected chi connectivity index (χ2v) is 12.8. The van der Waals surface area contributed by atoms with Gasteiger partial charge in [-0.1, -0.05) is 30.3 Å². The van der Waals surface area contributed by atoms with Gasteiger partial charge < -0.3 is 0 Å². The van der Waals surface area contributed by atoms with Crippen molar-refractivity contribution in [2.45, 2.75) is 19.8 Å². The van der Waals surface area contributed by atoms with Crippen LogP contribution in [-0.4, -0.2) is 42.6 Å². The van der Waals surface area contributed by atoms with E-state index in [-0.39, 0.29) is 22.3 Å². The predicted octanol–water partition coefficient (Wildman–Crippen LogP) is 3.35. The monoisotopic (exact) mass is 621 g/mol. The average molecular weight is 621 g/mol. The molecule has 3 N–H and O–H groups in total. The first-order valence-electron chi connectivity index (χ1n) is 12.5. The van der Waals surface area contributed by atoms with Gasteiger partial charge in [-0.3, -0.25) is 0 Å². The Labute approximate surface area is 238 Å². The first kappa shape index (κ1) is 29.6. The molecule has 41 heavy (non-hydrogen) atoms. The van der Waals surface area contributed by atoms with Crippen LogP contribution in [-0.2, 0) is 33.8 Å². The molecule has 4 aromatic rings. The number of hydroxylamine groups is 1. The summed E-state index contributed by atoms with van der Waals surface area (Å²) in [6.45, 7) is 1.25. The van der Waals surface area contributed by atoms with Crippen molar-refractivity contribution in [3.05, 3.63) is 124 Å². The van der Waals surface area contributed by atoms with E-state index in [9.17, 15) is 23.4 Å². The van der Waals surface area contributed by atoms with Crippen LogP contribution in [0.4, 0.5) is 10.5 Å². The van der Waals surface area contributed by atoms with Crippen LogP contribution in [0.15, 0.2) is 102 Å². The SMILES string of the molecule is CC(=O)NO[As](=O)(OO)c1cccc(-n2c(Cc3ccccc3)ccc(NC(=O)OCCc3ccccc3)c2=O)c1. The van der Waals surface area contributed by atoms with Crippen LogP contribution in [0.25, 0.3) is 5.69 Å². The standard InChI is InChI=1S/C29H28AsN3O8/c1-21(34)32-40-30(37,41-38)24-13-8-14-25(20-24)33-26(19-23-11-6-3-7-12-23)15-16-27(28(33)35)31-29(36)39-18-17-22-9-4-2-5-10-22/h2-16,20,38H,17-19H2,1H3,(H,31,36)(H,32,34). The van der Waals surface area contributed by atoms with Gasteiger partial charge in [0.25, 0.3) is 0 Å². The third-order valence-corrected chi connectivity index (χ3v) is 8.97. The number of rotatable bonds is 11. The Balaban J connectivity index is 1.66. The summed E-state index contributed by atoms with van der Waals surface area (Å²) in [5.74, 6) is -0.657. The quantitative estimate of drug-likeness (QED) is 0.131. The van der Waals surface area contributed by atoms with Gasteiger partial charge in [-0.15, -0.1) is 0 Å². The summed E-state index contributed by atoms with van der Waals surface area (Å²) in [5.41, 5.74) is 4.02. The van der Waals surface area contributed by atoms with Gasteiger partial charge in [0.15, 0.2) is 0 Å². The molecule has 0 aliphatic carbocycles. The molecule has 0 radical (unpaired) electrons. The molecule has 12 heteroatoms. The molecule has 1 atom stereocenters. The molecule has 0 bridgehead atoms. The van der Waals surface area contributed by atoms with E-state index in [1.807, 2.05) is 66.1 Å². The van der Waals surface area contributed by atoms with Crippen molar-refractivity contribution >= 4 is 36.2 Å². The molecule has 1 unspecified atom stereocenters. The van der Waals surface area contributed by atoms with Gasteiger partial charge >= 0.3 is 209 Å². The summed E-state index contributed by atoms with van der Waals surface area (Å²) in [6.07, 6.45) is 0.0690. The van der Waals surface area contributed by atoms with Crippen molar-refractivity contribution in [1.29, 1.82) is 0 Å². The number of nitrogens with one attached hydrogen (secondary N) is 2. The fourth-order valence-electron chi connectivity index (χ4n) is 3.99. The summed E-state index contributed by atoms with van der Waals surface area (Å²) in [6, 6.07) is 27.9. The zero-order valence-electron chi connectivity index (χ0n) is 22.1. The molecule has 1 aromatic heterocycles. The molecule has 2 amide bonds. The number of ether oxygens (including phenoxy) is 1. The van der Waals surface area contributed by atoms with Crippen LogP contribution in [0, 0.1) is 0 Å². The van der Waals surface area contributed by atoms with Crippen LogP contribution < -0.4 is 20.7 Å². The van der Waals surface area contributed by atoms with Gasteiger partial charge in [-0.05, 0) is 0 Å². The first-order chi connectivity index (χ1) is 19.8. The molecular weight excluding hydrogens is 593 g/mol. The number of aromatic nitrogens is 1. The van der Waals surface area contributed by atoms with E-state index in [2.05, 4.69) is 9.19 Å². The van der Waals surface area contributed by atoms with Crippen LogP contribution in [0.2, 0.25) is 0 Å². The summed E-state index contributed by atoms with van der Waals surface area (Å²) >= 11 is -5.16. The van der Waals surface area contributed by atoms with E-state index in [0.717, 1.165) is 18.1 Å². The molecule has 0 saturated carbocycles. The molecule has 0 fully saturated rings. The molecule has 0 saturated heterocycles. The number of carbonyl (C=O) groups is 2. The summed E-state index contributed by atoms with van der Waals surface area (Å²) in [4.78, 5) is 37.5. The van der Waals surface area contributed by atoms with Gasteiger partial charge in [-0.2, -0.15) is 0 Å².